The van der Waals surface area contributed by atoms with Crippen LogP contribution in [0.15, 0.2) is 0 Å². The molecule has 0 spiro atoms. The summed E-state index contributed by atoms with van der Waals surface area (Å²) in [6.07, 6.45) is 2.80. The summed E-state index contributed by atoms with van der Waals surface area (Å²) in [6, 6.07) is 0. The van der Waals surface area contributed by atoms with E-state index in [2.05, 4.69) is 6.92 Å². The fraction of sp³-hybridized carbons (Fsp3) is 1.00. The monoisotopic (exact) mass is 265 g/mol. The summed E-state index contributed by atoms with van der Waals surface area (Å²) in [5.74, 6) is 0. The van der Waals surface area contributed by atoms with Gasteiger partial charge in [-0.3, -0.25) is 0 Å². The molecule has 0 aliphatic heterocycles. The third kappa shape index (κ3) is 26.5. The van der Waals surface area contributed by atoms with Crippen LogP contribution >= 0.6 is 0 Å². The maximum absolute atomic E-state index is 2.23. The molecule has 8 heavy (non-hydrogen) atoms. The fourth-order valence-corrected chi connectivity index (χ4v) is 1.19. The van der Waals surface area contributed by atoms with Gasteiger partial charge in [0.05, 0.1) is 0 Å². The van der Waals surface area contributed by atoms with Crippen molar-refractivity contribution in [3.63, 3.8) is 0 Å². The summed E-state index contributed by atoms with van der Waals surface area (Å²) in [7, 11) is 0. The molecule has 0 amide bonds. The first kappa shape index (κ1) is 22.8. The molecule has 1 nitrogen and oxygen atoms in total. The van der Waals surface area contributed by atoms with Crippen LogP contribution in [0, 0.1) is 0 Å². The Hall–Kier alpha value is 1.34. The molecule has 0 saturated heterocycles. The van der Waals surface area contributed by atoms with E-state index in [0.29, 0.717) is 0 Å². The molecule has 0 aromatic rings. The van der Waals surface area contributed by atoms with Gasteiger partial charge in [0.15, 0.2) is 0 Å². The summed E-state index contributed by atoms with van der Waals surface area (Å²) >= 11 is 1.68. The SMILES string of the molecule is CCC[CH2][Sn].O.[Cl-].[Cl-]. The molecule has 53 valence electrons. The van der Waals surface area contributed by atoms with Gasteiger partial charge in [0, 0.05) is 0 Å². The Labute approximate surface area is 76.8 Å². The van der Waals surface area contributed by atoms with Gasteiger partial charge in [-0.25, -0.2) is 0 Å². The molecule has 0 saturated carbocycles. The van der Waals surface area contributed by atoms with E-state index >= 15 is 0 Å². The Morgan fingerprint density at radius 2 is 1.62 bits per heavy atom. The average Bonchev–Trinajstić information content (AvgIpc) is 1.41. The van der Waals surface area contributed by atoms with Gasteiger partial charge in [-0.1, -0.05) is 0 Å². The standard InChI is InChI=1S/C4H9.2ClH.H2O.Sn/c1-3-4-2;;;;/h1,3-4H2,2H3;2*1H;1H2;/p-2. The van der Waals surface area contributed by atoms with E-state index in [0.717, 1.165) is 0 Å². The minimum atomic E-state index is 0. The average molecular weight is 265 g/mol. The number of hydrogen-bond acceptors (Lipinski definition) is 0. The van der Waals surface area contributed by atoms with Crippen molar-refractivity contribution in [2.75, 3.05) is 0 Å². The van der Waals surface area contributed by atoms with Gasteiger partial charge in [0.25, 0.3) is 0 Å². The van der Waals surface area contributed by atoms with Crippen LogP contribution < -0.4 is 24.8 Å². The summed E-state index contributed by atoms with van der Waals surface area (Å²) in [5, 5.41) is 0. The number of hydrogen-bond donors (Lipinski definition) is 0. The predicted octanol–water partition coefficient (Wildman–Crippen LogP) is -5.44. The maximum Gasteiger partial charge on any atom is -0.412 e. The van der Waals surface area contributed by atoms with Gasteiger partial charge < -0.3 is 30.3 Å². The molecule has 0 unspecified atom stereocenters. The summed E-state index contributed by atoms with van der Waals surface area (Å²) < 4.78 is 1.43. The third-order valence-electron chi connectivity index (χ3n) is 0.530. The van der Waals surface area contributed by atoms with Crippen molar-refractivity contribution in [1.82, 2.24) is 0 Å². The molecule has 0 atom stereocenters. The normalized spacial score (nSPS) is 5.25. The van der Waals surface area contributed by atoms with Crippen molar-refractivity contribution in [3.8, 4) is 0 Å². The zero-order valence-electron chi connectivity index (χ0n) is 4.88. The first-order valence-corrected chi connectivity index (χ1v) is 4.08. The molecule has 0 aliphatic carbocycles. The second-order valence-corrected chi connectivity index (χ2v) is 2.53. The van der Waals surface area contributed by atoms with Gasteiger partial charge in [-0.2, -0.15) is 0 Å². The number of unbranched alkanes of at least 4 members (excludes halogenated alkanes) is 1. The van der Waals surface area contributed by atoms with Crippen molar-refractivity contribution < 1.29 is 30.3 Å². The van der Waals surface area contributed by atoms with Gasteiger partial charge in [0.1, 0.15) is 0 Å². The van der Waals surface area contributed by atoms with Crippen LogP contribution in [-0.4, -0.2) is 28.0 Å². The minimum Gasteiger partial charge on any atom is -1.00 e. The maximum atomic E-state index is 2.23. The molecule has 4 heteroatoms. The Balaban J connectivity index is -0.0000000267. The summed E-state index contributed by atoms with van der Waals surface area (Å²) in [4.78, 5) is 0. The second-order valence-electron chi connectivity index (χ2n) is 1.10. The molecule has 3 radical (unpaired) electrons. The van der Waals surface area contributed by atoms with Crippen molar-refractivity contribution in [2.45, 2.75) is 24.2 Å². The molecule has 2 N–H and O–H groups in total. The first-order chi connectivity index (χ1) is 2.41. The molecule has 0 rings (SSSR count). The summed E-state index contributed by atoms with van der Waals surface area (Å²) in [5.41, 5.74) is 0. The topological polar surface area (TPSA) is 31.5 Å². The predicted molar refractivity (Wildman–Crippen MR) is 29.1 cm³/mol. The zero-order valence-corrected chi connectivity index (χ0v) is 9.24. The Morgan fingerprint density at radius 3 is 1.62 bits per heavy atom. The van der Waals surface area contributed by atoms with Gasteiger partial charge >= 0.3 is 46.7 Å². The van der Waals surface area contributed by atoms with Crippen LogP contribution in [0.4, 0.5) is 0 Å². The Kier molecular flexibility index (Phi) is 67.9. The molecule has 0 heterocycles. The van der Waals surface area contributed by atoms with Crippen LogP contribution in [0.2, 0.25) is 4.44 Å². The van der Waals surface area contributed by atoms with E-state index in [9.17, 15) is 0 Å². The van der Waals surface area contributed by atoms with E-state index in [-0.39, 0.29) is 30.3 Å². The molecular formula is C4H11Cl2OSn-2. The van der Waals surface area contributed by atoms with Crippen LogP contribution in [0.3, 0.4) is 0 Å². The molecule has 0 aromatic carbocycles. The van der Waals surface area contributed by atoms with Gasteiger partial charge in [0.2, 0.25) is 0 Å². The van der Waals surface area contributed by atoms with Gasteiger partial charge in [-0.15, -0.1) is 0 Å². The van der Waals surface area contributed by atoms with Crippen LogP contribution in [0.5, 0.6) is 0 Å². The van der Waals surface area contributed by atoms with Crippen molar-refractivity contribution in [2.24, 2.45) is 0 Å². The van der Waals surface area contributed by atoms with Crippen LogP contribution in [0.1, 0.15) is 19.8 Å². The van der Waals surface area contributed by atoms with Crippen LogP contribution in [0.25, 0.3) is 0 Å². The van der Waals surface area contributed by atoms with E-state index in [1.54, 1.807) is 22.5 Å². The van der Waals surface area contributed by atoms with Crippen molar-refractivity contribution in [3.05, 3.63) is 0 Å². The Morgan fingerprint density at radius 1 is 1.25 bits per heavy atom. The van der Waals surface area contributed by atoms with E-state index in [1.165, 1.54) is 17.3 Å². The Bertz CT molecular complexity index is 21.5. The smallest absolute Gasteiger partial charge is 0.412 e. The second kappa shape index (κ2) is 23.9. The fourth-order valence-electron chi connectivity index (χ4n) is 0.177. The van der Waals surface area contributed by atoms with Crippen molar-refractivity contribution >= 4 is 22.5 Å². The quantitative estimate of drug-likeness (QED) is 0.446. The molecular weight excluding hydrogens is 254 g/mol. The summed E-state index contributed by atoms with van der Waals surface area (Å²) in [6.45, 7) is 2.23. The molecule has 0 fully saturated rings. The van der Waals surface area contributed by atoms with E-state index in [1.807, 2.05) is 0 Å². The van der Waals surface area contributed by atoms with Crippen LogP contribution in [-0.2, 0) is 0 Å². The third-order valence-corrected chi connectivity index (χ3v) is 1.54. The number of halogens is 2. The number of rotatable bonds is 2. The van der Waals surface area contributed by atoms with Crippen molar-refractivity contribution in [1.29, 1.82) is 0 Å². The largest absolute Gasteiger partial charge is 1.00 e. The molecule has 0 aliphatic rings. The zero-order chi connectivity index (χ0) is 4.12. The molecule has 0 aromatic heterocycles. The minimum absolute atomic E-state index is 0. The van der Waals surface area contributed by atoms with E-state index in [4.69, 9.17) is 0 Å². The molecule has 0 bridgehead atoms. The van der Waals surface area contributed by atoms with E-state index < -0.39 is 0 Å². The first-order valence-electron chi connectivity index (χ1n) is 2.06. The van der Waals surface area contributed by atoms with Gasteiger partial charge in [-0.05, 0) is 0 Å².